The number of nitrogens with zero attached hydrogens (tertiary/aromatic N) is 2. The number of alkyl halides is 3. The molecule has 0 aliphatic carbocycles. The molecule has 0 radical (unpaired) electrons. The minimum atomic E-state index is -4.84. The summed E-state index contributed by atoms with van der Waals surface area (Å²) in [6.45, 7) is 3.37. The highest BCUT2D eigenvalue weighted by molar-refractivity contribution is 8.00. The second kappa shape index (κ2) is 9.22. The van der Waals surface area contributed by atoms with Gasteiger partial charge in [-0.2, -0.15) is 0 Å². The Morgan fingerprint density at radius 2 is 2.13 bits per heavy atom. The number of aromatic nitrogens is 1. The number of pyridine rings is 1. The van der Waals surface area contributed by atoms with Gasteiger partial charge < -0.3 is 19.1 Å². The molecule has 1 fully saturated rings. The van der Waals surface area contributed by atoms with Gasteiger partial charge in [0, 0.05) is 18.1 Å². The Kier molecular flexibility index (Phi) is 6.87. The number of nitrogens with one attached hydrogen (secondary N) is 1. The van der Waals surface area contributed by atoms with Gasteiger partial charge in [0.15, 0.2) is 0 Å². The van der Waals surface area contributed by atoms with Crippen molar-refractivity contribution in [2.45, 2.75) is 24.6 Å². The summed E-state index contributed by atoms with van der Waals surface area (Å²) in [6.07, 6.45) is -2.49. The van der Waals surface area contributed by atoms with E-state index < -0.39 is 12.1 Å². The van der Waals surface area contributed by atoms with Crippen molar-refractivity contribution in [1.82, 2.24) is 9.88 Å². The van der Waals surface area contributed by atoms with E-state index in [1.807, 2.05) is 0 Å². The summed E-state index contributed by atoms with van der Waals surface area (Å²) in [6, 6.07) is 5.33. The average molecular weight is 462 g/mol. The fourth-order valence-electron chi connectivity index (χ4n) is 3.00. The average Bonchev–Trinajstić information content (AvgIpc) is 3.12. The zero-order valence-electron chi connectivity index (χ0n) is 16.1. The lowest BCUT2D eigenvalue weighted by Crippen LogP contribution is -2.29. The fraction of sp³-hybridized carbons (Fsp3) is 0.368. The maximum absolute atomic E-state index is 12.9. The Morgan fingerprint density at radius 1 is 1.37 bits per heavy atom. The van der Waals surface area contributed by atoms with Gasteiger partial charge in [-0.3, -0.25) is 4.79 Å². The molecule has 162 valence electrons. The number of ether oxygens (including phenoxy) is 2. The van der Waals surface area contributed by atoms with Crippen LogP contribution >= 0.6 is 23.5 Å². The molecular formula is C19H19ClF3N3O3S. The zero-order valence-corrected chi connectivity index (χ0v) is 17.7. The number of methoxy groups -OCH3 is 1. The number of hydrogen-bond acceptors (Lipinski definition) is 6. The summed E-state index contributed by atoms with van der Waals surface area (Å²) in [7, 11) is 1.42. The molecule has 1 N–H and O–H groups in total. The first-order valence-corrected chi connectivity index (χ1v) is 10.2. The number of anilines is 1. The van der Waals surface area contributed by atoms with Gasteiger partial charge in [-0.1, -0.05) is 18.5 Å². The van der Waals surface area contributed by atoms with E-state index >= 15 is 0 Å². The molecule has 1 unspecified atom stereocenters. The van der Waals surface area contributed by atoms with Crippen molar-refractivity contribution < 1.29 is 27.4 Å². The van der Waals surface area contributed by atoms with Crippen LogP contribution in [0.2, 0.25) is 5.02 Å². The van der Waals surface area contributed by atoms with Gasteiger partial charge in [-0.25, -0.2) is 4.98 Å². The lowest BCUT2D eigenvalue weighted by molar-refractivity contribution is -0.275. The Balaban J connectivity index is 1.80. The van der Waals surface area contributed by atoms with Crippen molar-refractivity contribution in [2.24, 2.45) is 5.92 Å². The van der Waals surface area contributed by atoms with Crippen LogP contribution in [-0.2, 0) is 0 Å². The smallest absolute Gasteiger partial charge is 0.480 e. The lowest BCUT2D eigenvalue weighted by atomic mass is 10.2. The van der Waals surface area contributed by atoms with Crippen molar-refractivity contribution in [3.63, 3.8) is 0 Å². The van der Waals surface area contributed by atoms with Gasteiger partial charge in [-0.05, 0) is 48.6 Å². The Morgan fingerprint density at radius 3 is 2.77 bits per heavy atom. The van der Waals surface area contributed by atoms with E-state index in [4.69, 9.17) is 16.3 Å². The molecule has 2 heterocycles. The van der Waals surface area contributed by atoms with Gasteiger partial charge in [-0.15, -0.1) is 13.2 Å². The molecule has 6 nitrogen and oxygen atoms in total. The number of halogens is 4. The minimum absolute atomic E-state index is 0.122. The molecule has 1 amide bonds. The molecule has 2 aromatic rings. The molecule has 0 saturated carbocycles. The van der Waals surface area contributed by atoms with Crippen LogP contribution < -0.4 is 14.2 Å². The van der Waals surface area contributed by atoms with Crippen LogP contribution in [0.5, 0.6) is 11.6 Å². The van der Waals surface area contributed by atoms with Crippen molar-refractivity contribution >= 4 is 35.1 Å². The van der Waals surface area contributed by atoms with Gasteiger partial charge in [0.1, 0.15) is 11.3 Å². The van der Waals surface area contributed by atoms with E-state index in [0.717, 1.165) is 24.4 Å². The predicted molar refractivity (Wildman–Crippen MR) is 108 cm³/mol. The van der Waals surface area contributed by atoms with Gasteiger partial charge in [0.25, 0.3) is 5.91 Å². The highest BCUT2D eigenvalue weighted by Gasteiger charge is 2.32. The number of amides is 1. The molecule has 11 heteroatoms. The SMILES string of the molecule is COc1ncc(NSc2cc(Cl)ccc2OC(F)(F)F)cc1C(=O)N1CCC(C)C1. The summed E-state index contributed by atoms with van der Waals surface area (Å²) in [5.74, 6) is -0.00646. The normalized spacial score (nSPS) is 16.5. The first-order chi connectivity index (χ1) is 14.2. The van der Waals surface area contributed by atoms with Crippen molar-refractivity contribution in [2.75, 3.05) is 24.9 Å². The summed E-state index contributed by atoms with van der Waals surface area (Å²) in [5.41, 5.74) is 0.685. The molecule has 1 saturated heterocycles. The first-order valence-electron chi connectivity index (χ1n) is 8.97. The molecule has 1 aromatic heterocycles. The number of rotatable bonds is 6. The number of carbonyl (C=O) groups excluding carboxylic acids is 1. The summed E-state index contributed by atoms with van der Waals surface area (Å²) in [4.78, 5) is 18.9. The van der Waals surface area contributed by atoms with Gasteiger partial charge >= 0.3 is 6.36 Å². The predicted octanol–water partition coefficient (Wildman–Crippen LogP) is 5.24. The first kappa shape index (κ1) is 22.4. The molecule has 30 heavy (non-hydrogen) atoms. The van der Waals surface area contributed by atoms with E-state index in [1.54, 1.807) is 11.0 Å². The highest BCUT2D eigenvalue weighted by Crippen LogP contribution is 2.36. The Labute approximate surface area is 180 Å². The molecule has 0 bridgehead atoms. The molecule has 1 aromatic carbocycles. The number of hydrogen-bond donors (Lipinski definition) is 1. The summed E-state index contributed by atoms with van der Waals surface area (Å²) in [5, 5.41) is 0.251. The zero-order chi connectivity index (χ0) is 21.9. The molecule has 3 rings (SSSR count). The highest BCUT2D eigenvalue weighted by atomic mass is 35.5. The van der Waals surface area contributed by atoms with Gasteiger partial charge in [0.2, 0.25) is 5.88 Å². The van der Waals surface area contributed by atoms with Crippen LogP contribution in [0, 0.1) is 5.92 Å². The third-order valence-electron chi connectivity index (χ3n) is 4.40. The molecule has 0 spiro atoms. The molecular weight excluding hydrogens is 443 g/mol. The van der Waals surface area contributed by atoms with E-state index in [1.165, 1.54) is 25.4 Å². The molecule has 1 atom stereocenters. The third kappa shape index (κ3) is 5.63. The van der Waals surface area contributed by atoms with Crippen LogP contribution in [0.4, 0.5) is 18.9 Å². The quantitative estimate of drug-likeness (QED) is 0.593. The minimum Gasteiger partial charge on any atom is -0.480 e. The molecule has 1 aliphatic heterocycles. The van der Waals surface area contributed by atoms with Crippen molar-refractivity contribution in [3.8, 4) is 11.6 Å². The van der Waals surface area contributed by atoms with Crippen LogP contribution in [0.1, 0.15) is 23.7 Å². The van der Waals surface area contributed by atoms with E-state index in [-0.39, 0.29) is 27.3 Å². The maximum atomic E-state index is 12.9. The van der Waals surface area contributed by atoms with Crippen LogP contribution in [0.15, 0.2) is 35.4 Å². The van der Waals surface area contributed by atoms with Crippen molar-refractivity contribution in [3.05, 3.63) is 41.0 Å². The molecule has 1 aliphatic rings. The standard InChI is InChI=1S/C19H19ClF3N3O3S/c1-11-5-6-26(10-11)18(27)14-8-13(9-24-17(14)28-2)25-30-16-7-12(20)3-4-15(16)29-19(21,22)23/h3-4,7-9,11,25H,5-6,10H2,1-2H3. The summed E-state index contributed by atoms with van der Waals surface area (Å²) < 4.78 is 50.0. The third-order valence-corrected chi connectivity index (χ3v) is 5.51. The number of benzene rings is 1. The second-order valence-corrected chi connectivity index (χ2v) is 8.05. The topological polar surface area (TPSA) is 63.7 Å². The van der Waals surface area contributed by atoms with Crippen LogP contribution in [0.25, 0.3) is 0 Å². The van der Waals surface area contributed by atoms with Crippen molar-refractivity contribution in [1.29, 1.82) is 0 Å². The van der Waals surface area contributed by atoms with E-state index in [2.05, 4.69) is 21.4 Å². The second-order valence-electron chi connectivity index (χ2n) is 6.77. The van der Waals surface area contributed by atoms with Crippen LogP contribution in [-0.4, -0.2) is 42.4 Å². The largest absolute Gasteiger partial charge is 0.573 e. The monoisotopic (exact) mass is 461 g/mol. The van der Waals surface area contributed by atoms with Gasteiger partial charge in [0.05, 0.1) is 23.9 Å². The number of carbonyl (C=O) groups is 1. The van der Waals surface area contributed by atoms with Crippen LogP contribution in [0.3, 0.4) is 0 Å². The maximum Gasteiger partial charge on any atom is 0.573 e. The number of likely N-dealkylation sites (tertiary alicyclic amines) is 1. The fourth-order valence-corrected chi connectivity index (χ4v) is 3.97. The van der Waals surface area contributed by atoms with E-state index in [0.29, 0.717) is 24.7 Å². The van der Waals surface area contributed by atoms with E-state index in [9.17, 15) is 18.0 Å². The summed E-state index contributed by atoms with van der Waals surface area (Å²) >= 11 is 6.76. The Hall–Kier alpha value is -2.33. The lowest BCUT2D eigenvalue weighted by Gasteiger charge is -2.18. The Bertz CT molecular complexity index is 930.